The van der Waals surface area contributed by atoms with Crippen molar-refractivity contribution in [3.05, 3.63) is 78.9 Å². The van der Waals surface area contributed by atoms with Gasteiger partial charge in [0.15, 0.2) is 46.1 Å². The zero-order valence-corrected chi connectivity index (χ0v) is 42.0. The van der Waals surface area contributed by atoms with E-state index < -0.39 is 250 Å². The predicted molar refractivity (Wildman–Crippen MR) is 237 cm³/mol. The molecule has 4 aliphatic rings. The fourth-order valence-electron chi connectivity index (χ4n) is 8.94. The van der Waals surface area contributed by atoms with Gasteiger partial charge in [0.05, 0.1) is 47.0 Å². The standard InChI is InChI=1S/2C22H20O14.Al.Ca.2H2O/c2*1-4-8-5(2-6(24)9(4)21(33)34)12(25)10-11(14(8)27)16(29)20(18(31)15(10)28)36-22-19(32)17(30)13(26)7(3-23)35-22;;;;/h2*2,7,13,17,19,22-24,26,28-32H,3H2,1H3,(H,33,34);;;2*1H2/q;;2*+2;;/p-4/t2*7-,13-,17+,19-,22-;;;;/m11..../s1. The van der Waals surface area contributed by atoms with E-state index in [1.54, 1.807) is 0 Å². The van der Waals surface area contributed by atoms with Gasteiger partial charge in [0, 0.05) is 22.3 Å². The third-order valence-electron chi connectivity index (χ3n) is 12.6. The summed E-state index contributed by atoms with van der Waals surface area (Å²) in [5.41, 5.74) is -10.5. The van der Waals surface area contributed by atoms with Gasteiger partial charge in [0.25, 0.3) is 0 Å². The van der Waals surface area contributed by atoms with Gasteiger partial charge in [-0.1, -0.05) is 0 Å². The van der Waals surface area contributed by atoms with E-state index in [0.29, 0.717) is 12.1 Å². The Kier molecular flexibility index (Phi) is 17.9. The fourth-order valence-corrected chi connectivity index (χ4v) is 9.63. The topological polar surface area (TPSA) is 550 Å². The van der Waals surface area contributed by atoms with E-state index >= 15 is 0 Å². The Bertz CT molecular complexity index is 2900. The number of hydrogen-bond donors (Lipinski definition) is 14. The Morgan fingerprint density at radius 3 is 1.17 bits per heavy atom. The molecule has 0 amide bonds. The zero-order valence-electron chi connectivity index (χ0n) is 38.6. The number of aromatic carboxylic acids is 2. The molecule has 1 radical (unpaired) electrons. The van der Waals surface area contributed by atoms with Gasteiger partial charge in [-0.05, 0) is 48.6 Å². The number of carbonyl (C=O) groups is 6. The minimum Gasteiger partial charge on any atom is -0.867 e. The number of carboxylic acid groups (broad SMARTS) is 2. The van der Waals surface area contributed by atoms with Crippen LogP contribution >= 0.6 is 0 Å². The summed E-state index contributed by atoms with van der Waals surface area (Å²) in [4.78, 5) is 81.7. The number of phenols is 4. The van der Waals surface area contributed by atoms with Crippen LogP contribution in [0.3, 0.4) is 0 Å². The van der Waals surface area contributed by atoms with Crippen molar-refractivity contribution in [2.24, 2.45) is 0 Å². The maximum Gasteiger partial charge on any atom is 2.00 e. The molecule has 0 unspecified atom stereocenters. The summed E-state index contributed by atoms with van der Waals surface area (Å²) in [6.07, 6.45) is -20.9. The SMILES string of the molecule is Cc1c(C(=O)O)c(O)cc2c1C(=O)c1c(O)c(O[C@H]3O[C@H](CO)[C@@H](O)[C@H](O)[C@H]3O)c([O-])c([O][Al][O]c3c([O-])c(O[C@H]4O[C@H](CO)[C@@H](O)[C@H](O)[C@H]4O)c(O)c4c3C(=O)c3cc(O)c(C(=O)O)c(C)c3C4=O)c1C2=O.O.O.[Ca+2]. The normalized spacial score (nSPS) is 24.2. The number of ketones is 4. The molecule has 0 aromatic heterocycles. The molecule has 0 spiro atoms. The predicted octanol–water partition coefficient (Wildman–Crippen LogP) is -6.46. The number of rotatable bonds is 12. The maximum absolute atomic E-state index is 14.4. The molecule has 18 N–H and O–H groups in total. The van der Waals surface area contributed by atoms with E-state index in [4.69, 9.17) is 26.5 Å². The van der Waals surface area contributed by atoms with Crippen molar-refractivity contribution in [2.45, 2.75) is 75.3 Å². The molecule has 2 aliphatic heterocycles. The van der Waals surface area contributed by atoms with Crippen molar-refractivity contribution in [3.63, 3.8) is 0 Å². The van der Waals surface area contributed by atoms with E-state index in [1.165, 1.54) is 0 Å². The van der Waals surface area contributed by atoms with E-state index in [1.807, 2.05) is 0 Å². The van der Waals surface area contributed by atoms with E-state index in [9.17, 15) is 110 Å². The molecule has 2 fully saturated rings. The largest absolute Gasteiger partial charge is 2.00 e. The summed E-state index contributed by atoms with van der Waals surface area (Å²) in [6, 6.07) is 1.09. The molecule has 401 valence electrons. The number of carboxylic acids is 2. The van der Waals surface area contributed by atoms with Crippen LogP contribution in [-0.2, 0) is 9.47 Å². The third kappa shape index (κ3) is 9.36. The van der Waals surface area contributed by atoms with Crippen LogP contribution in [0.2, 0.25) is 0 Å². The van der Waals surface area contributed by atoms with Gasteiger partial charge in [-0.3, -0.25) is 19.2 Å². The first-order valence-corrected chi connectivity index (χ1v) is 21.9. The van der Waals surface area contributed by atoms with Crippen molar-refractivity contribution in [1.82, 2.24) is 0 Å². The Balaban J connectivity index is 0.00000356. The first-order chi connectivity index (χ1) is 34.3. The Morgan fingerprint density at radius 2 is 0.868 bits per heavy atom. The molecule has 2 saturated heterocycles. The number of benzene rings is 4. The van der Waals surface area contributed by atoms with Gasteiger partial charge in [0.1, 0.15) is 71.5 Å². The van der Waals surface area contributed by atoms with Crippen LogP contribution in [0, 0.1) is 13.8 Å². The number of aliphatic hydroxyl groups excluding tert-OH is 8. The molecule has 30 nitrogen and oxygen atoms in total. The van der Waals surface area contributed by atoms with Gasteiger partial charge in [-0.15, -0.1) is 0 Å². The van der Waals surface area contributed by atoms with E-state index in [2.05, 4.69) is 0 Å². The number of fused-ring (bicyclic) bond motifs is 4. The molecule has 2 heterocycles. The quantitative estimate of drug-likeness (QED) is 0.0507. The molecule has 0 saturated carbocycles. The average molecular weight is 1120 g/mol. The summed E-state index contributed by atoms with van der Waals surface area (Å²) >= 11 is -2.70. The second-order valence-electron chi connectivity index (χ2n) is 16.7. The van der Waals surface area contributed by atoms with Crippen LogP contribution in [0.15, 0.2) is 12.1 Å². The molecule has 10 atom stereocenters. The third-order valence-corrected chi connectivity index (χ3v) is 13.2. The fraction of sp³-hybridized carbons (Fsp3) is 0.318. The molecule has 4 aromatic rings. The van der Waals surface area contributed by atoms with Crippen LogP contribution < -0.4 is 27.3 Å². The van der Waals surface area contributed by atoms with Gasteiger partial charge >= 0.3 is 65.6 Å². The van der Waals surface area contributed by atoms with Gasteiger partial charge in [-0.25, -0.2) is 9.59 Å². The summed E-state index contributed by atoms with van der Waals surface area (Å²) in [6.45, 7) is -0.0668. The van der Waals surface area contributed by atoms with Crippen molar-refractivity contribution >= 4 is 88.7 Å². The number of aliphatic hydroxyl groups is 8. The summed E-state index contributed by atoms with van der Waals surface area (Å²) in [5, 5.41) is 175. The van der Waals surface area contributed by atoms with E-state index in [0.717, 1.165) is 13.8 Å². The van der Waals surface area contributed by atoms with Gasteiger partial charge < -0.3 is 119 Å². The van der Waals surface area contributed by atoms with Crippen LogP contribution in [-0.4, -0.2) is 246 Å². The van der Waals surface area contributed by atoms with Crippen molar-refractivity contribution in [2.75, 3.05) is 13.2 Å². The molecule has 4 aromatic carbocycles. The number of phenolic OH excluding ortho intramolecular Hbond substituents is 2. The number of aromatic hydroxyl groups is 4. The average Bonchev–Trinajstić information content (AvgIpc) is 3.32. The number of hydrogen-bond acceptors (Lipinski definition) is 26. The van der Waals surface area contributed by atoms with Crippen molar-refractivity contribution in [3.8, 4) is 57.5 Å². The van der Waals surface area contributed by atoms with Crippen LogP contribution in [0.4, 0.5) is 0 Å². The molecular weight excluding hydrogens is 1080 g/mol. The molecule has 76 heavy (non-hydrogen) atoms. The van der Waals surface area contributed by atoms with Crippen LogP contribution in [0.25, 0.3) is 0 Å². The minimum absolute atomic E-state index is 0. The first-order valence-electron chi connectivity index (χ1n) is 21.0. The smallest absolute Gasteiger partial charge is 0.867 e. The molecule has 0 bridgehead atoms. The number of ether oxygens (including phenoxy) is 4. The number of carbonyl (C=O) groups excluding carboxylic acids is 4. The van der Waals surface area contributed by atoms with Crippen LogP contribution in [0.1, 0.15) is 95.5 Å². The summed E-state index contributed by atoms with van der Waals surface area (Å²) in [7, 11) is 0. The van der Waals surface area contributed by atoms with Crippen molar-refractivity contribution < 1.29 is 148 Å². The maximum atomic E-state index is 14.4. The molecule has 2 aliphatic carbocycles. The van der Waals surface area contributed by atoms with E-state index in [-0.39, 0.29) is 48.7 Å². The second-order valence-corrected chi connectivity index (χ2v) is 17.4. The monoisotopic (exact) mass is 1120 g/mol. The Labute approximate surface area is 458 Å². The summed E-state index contributed by atoms with van der Waals surface area (Å²) in [5.74, 6) is -23.4. The molecule has 8 rings (SSSR count). The zero-order chi connectivity index (χ0) is 53.7. The van der Waals surface area contributed by atoms with Gasteiger partial charge in [-0.2, -0.15) is 0 Å². The minimum atomic E-state index is -2.70. The first kappa shape index (κ1) is 60.7. The second kappa shape index (κ2) is 22.4. The van der Waals surface area contributed by atoms with Gasteiger partial charge in [0.2, 0.25) is 12.6 Å². The van der Waals surface area contributed by atoms with Crippen molar-refractivity contribution in [1.29, 1.82) is 0 Å². The van der Waals surface area contributed by atoms with Crippen LogP contribution in [0.5, 0.6) is 57.5 Å². The molecular formula is C44H40AlCaO30. The molecule has 32 heteroatoms. The Hall–Kier alpha value is -6.19. The summed E-state index contributed by atoms with van der Waals surface area (Å²) < 4.78 is 32.7. The Morgan fingerprint density at radius 1 is 0.539 bits per heavy atom.